The van der Waals surface area contributed by atoms with Gasteiger partial charge in [0, 0.05) is 6.92 Å². The van der Waals surface area contributed by atoms with Crippen LogP contribution < -0.4 is 9.47 Å². The molecular weight excluding hydrogens is 358 g/mol. The Morgan fingerprint density at radius 3 is 2.77 bits per heavy atom. The first-order chi connectivity index (χ1) is 12.4. The van der Waals surface area contributed by atoms with E-state index in [1.54, 1.807) is 31.2 Å². The number of benzene rings is 1. The number of aliphatic imine (C=N–C) groups is 1. The maximum absolute atomic E-state index is 12.4. The summed E-state index contributed by atoms with van der Waals surface area (Å²) in [6.45, 7) is 5.04. The lowest BCUT2D eigenvalue weighted by molar-refractivity contribution is -0.132. The van der Waals surface area contributed by atoms with Crippen LogP contribution in [0.5, 0.6) is 11.5 Å². The second-order valence-corrected chi connectivity index (χ2v) is 6.29. The fraction of sp³-hybridized carbons (Fsp3) is 0.235. The zero-order chi connectivity index (χ0) is 18.8. The van der Waals surface area contributed by atoms with E-state index >= 15 is 0 Å². The van der Waals surface area contributed by atoms with Crippen LogP contribution >= 0.6 is 11.8 Å². The van der Waals surface area contributed by atoms with E-state index in [0.29, 0.717) is 23.7 Å². The van der Waals surface area contributed by atoms with Crippen LogP contribution in [0.1, 0.15) is 26.3 Å². The molecule has 1 aromatic rings. The number of ether oxygens (including phenoxy) is 2. The molecule has 2 aliphatic heterocycles. The normalized spacial score (nSPS) is 17.8. The van der Waals surface area contributed by atoms with Crippen LogP contribution in [-0.4, -0.2) is 39.5 Å². The number of esters is 1. The number of amidine groups is 1. The molecule has 0 saturated heterocycles. The van der Waals surface area contributed by atoms with Crippen LogP contribution in [0.2, 0.25) is 0 Å². The summed E-state index contributed by atoms with van der Waals surface area (Å²) < 4.78 is 10.6. The Labute approximate surface area is 153 Å². The summed E-state index contributed by atoms with van der Waals surface area (Å²) >= 11 is 0.866. The molecule has 8 nitrogen and oxygen atoms in total. The van der Waals surface area contributed by atoms with Gasteiger partial charge < -0.3 is 9.47 Å². The number of carbonyl (C=O) groups is 3. The van der Waals surface area contributed by atoms with Gasteiger partial charge in [-0.2, -0.15) is 10.1 Å². The van der Waals surface area contributed by atoms with Crippen molar-refractivity contribution >= 4 is 45.7 Å². The molecule has 0 unspecified atom stereocenters. The standard InChI is InChI=1S/C17H15N3O5S/c1-4-24-14-8-11(5-6-13(14)25-10(3)21)7-12-15(22)20-17(18-12)26-16(23)9(2)19-20/h5-8H,4H2,1-3H3/b12-7+. The molecular formula is C17H15N3O5S. The van der Waals surface area contributed by atoms with Crippen LogP contribution in [0.4, 0.5) is 0 Å². The van der Waals surface area contributed by atoms with E-state index in [0.717, 1.165) is 16.8 Å². The number of nitrogens with zero attached hydrogens (tertiary/aromatic N) is 3. The Morgan fingerprint density at radius 1 is 1.31 bits per heavy atom. The first kappa shape index (κ1) is 17.9. The highest BCUT2D eigenvalue weighted by Gasteiger charge is 2.36. The lowest BCUT2D eigenvalue weighted by atomic mass is 10.1. The number of hydrogen-bond acceptors (Lipinski definition) is 8. The average molecular weight is 373 g/mol. The third-order valence-corrected chi connectivity index (χ3v) is 4.29. The van der Waals surface area contributed by atoms with E-state index in [1.807, 2.05) is 6.92 Å². The maximum Gasteiger partial charge on any atom is 0.308 e. The van der Waals surface area contributed by atoms with Crippen molar-refractivity contribution in [2.24, 2.45) is 10.1 Å². The number of thioether (sulfide) groups is 1. The molecule has 26 heavy (non-hydrogen) atoms. The minimum absolute atomic E-state index is 0.154. The van der Waals surface area contributed by atoms with Crippen molar-refractivity contribution in [3.63, 3.8) is 0 Å². The Bertz CT molecular complexity index is 904. The first-order valence-electron chi connectivity index (χ1n) is 7.76. The molecule has 1 aromatic carbocycles. The van der Waals surface area contributed by atoms with E-state index in [2.05, 4.69) is 10.1 Å². The molecule has 134 valence electrons. The molecule has 1 amide bonds. The van der Waals surface area contributed by atoms with Gasteiger partial charge in [0.05, 0.1) is 6.61 Å². The zero-order valence-electron chi connectivity index (χ0n) is 14.3. The average Bonchev–Trinajstić information content (AvgIpc) is 2.86. The largest absolute Gasteiger partial charge is 0.490 e. The van der Waals surface area contributed by atoms with Crippen molar-refractivity contribution in [2.45, 2.75) is 20.8 Å². The molecule has 0 N–H and O–H groups in total. The molecule has 2 aliphatic rings. The summed E-state index contributed by atoms with van der Waals surface area (Å²) in [6.07, 6.45) is 1.56. The molecule has 2 heterocycles. The first-order valence-corrected chi connectivity index (χ1v) is 8.58. The van der Waals surface area contributed by atoms with E-state index < -0.39 is 11.9 Å². The van der Waals surface area contributed by atoms with Crippen LogP contribution in [0.15, 0.2) is 34.0 Å². The Hall–Kier alpha value is -2.94. The predicted octanol–water partition coefficient (Wildman–Crippen LogP) is 2.20. The Balaban J connectivity index is 1.93. The third-order valence-electron chi connectivity index (χ3n) is 3.36. The topological polar surface area (TPSA) is 97.6 Å². The van der Waals surface area contributed by atoms with Gasteiger partial charge in [-0.1, -0.05) is 6.07 Å². The van der Waals surface area contributed by atoms with E-state index in [-0.39, 0.29) is 21.7 Å². The number of hydrazone groups is 1. The summed E-state index contributed by atoms with van der Waals surface area (Å²) in [5.74, 6) is -0.196. The predicted molar refractivity (Wildman–Crippen MR) is 96.9 cm³/mol. The second-order valence-electron chi connectivity index (χ2n) is 5.35. The lowest BCUT2D eigenvalue weighted by Crippen LogP contribution is -2.32. The smallest absolute Gasteiger partial charge is 0.308 e. The number of carbonyl (C=O) groups excluding carboxylic acids is 3. The molecule has 0 bridgehead atoms. The molecule has 9 heteroatoms. The molecule has 3 rings (SSSR count). The highest BCUT2D eigenvalue weighted by Crippen LogP contribution is 2.32. The minimum atomic E-state index is -0.457. The summed E-state index contributed by atoms with van der Waals surface area (Å²) in [4.78, 5) is 39.5. The van der Waals surface area contributed by atoms with Crippen molar-refractivity contribution < 1.29 is 23.9 Å². The highest BCUT2D eigenvalue weighted by molar-refractivity contribution is 8.27. The fourth-order valence-electron chi connectivity index (χ4n) is 2.27. The van der Waals surface area contributed by atoms with Crippen molar-refractivity contribution in [3.05, 3.63) is 29.5 Å². The van der Waals surface area contributed by atoms with Gasteiger partial charge in [-0.15, -0.1) is 0 Å². The summed E-state index contributed by atoms with van der Waals surface area (Å²) in [6, 6.07) is 4.90. The SMILES string of the molecule is CCOc1cc(/C=C2/N=C3SC(=O)C(C)=NN3C2=O)ccc1OC(C)=O. The zero-order valence-corrected chi connectivity index (χ0v) is 15.1. The van der Waals surface area contributed by atoms with E-state index in [9.17, 15) is 14.4 Å². The number of hydrogen-bond donors (Lipinski definition) is 0. The Kier molecular flexibility index (Phi) is 4.90. The Morgan fingerprint density at radius 2 is 2.08 bits per heavy atom. The number of rotatable bonds is 4. The number of fused-ring (bicyclic) bond motifs is 1. The summed E-state index contributed by atoms with van der Waals surface area (Å²) in [7, 11) is 0. The maximum atomic E-state index is 12.4. The van der Waals surface area contributed by atoms with Gasteiger partial charge in [0.25, 0.3) is 5.91 Å². The van der Waals surface area contributed by atoms with E-state index in [1.165, 1.54) is 6.92 Å². The quantitative estimate of drug-likeness (QED) is 0.456. The minimum Gasteiger partial charge on any atom is -0.490 e. The van der Waals surface area contributed by atoms with Gasteiger partial charge in [-0.3, -0.25) is 14.4 Å². The van der Waals surface area contributed by atoms with Gasteiger partial charge in [-0.05, 0) is 49.4 Å². The monoisotopic (exact) mass is 373 g/mol. The van der Waals surface area contributed by atoms with Gasteiger partial charge in [0.15, 0.2) is 11.5 Å². The highest BCUT2D eigenvalue weighted by atomic mass is 32.2. The van der Waals surface area contributed by atoms with Crippen molar-refractivity contribution in [1.82, 2.24) is 5.01 Å². The van der Waals surface area contributed by atoms with Gasteiger partial charge >= 0.3 is 5.97 Å². The van der Waals surface area contributed by atoms with Gasteiger partial charge in [-0.25, -0.2) is 4.99 Å². The van der Waals surface area contributed by atoms with Crippen LogP contribution in [-0.2, 0) is 14.4 Å². The van der Waals surface area contributed by atoms with Crippen molar-refractivity contribution in [2.75, 3.05) is 6.61 Å². The fourth-order valence-corrected chi connectivity index (χ4v) is 2.98. The molecule has 0 aliphatic carbocycles. The molecule has 0 spiro atoms. The lowest BCUT2D eigenvalue weighted by Gasteiger charge is -2.15. The van der Waals surface area contributed by atoms with Crippen molar-refractivity contribution in [1.29, 1.82) is 0 Å². The molecule has 0 fully saturated rings. The molecule has 0 radical (unpaired) electrons. The number of amides is 1. The second kappa shape index (κ2) is 7.12. The molecule has 0 atom stereocenters. The summed E-state index contributed by atoms with van der Waals surface area (Å²) in [5, 5.41) is 5.08. The van der Waals surface area contributed by atoms with Crippen LogP contribution in [0.25, 0.3) is 6.08 Å². The summed E-state index contributed by atoms with van der Waals surface area (Å²) in [5.41, 5.74) is 1.03. The third kappa shape index (κ3) is 3.52. The van der Waals surface area contributed by atoms with Gasteiger partial charge in [0.1, 0.15) is 11.4 Å². The molecule has 0 saturated carbocycles. The van der Waals surface area contributed by atoms with Crippen LogP contribution in [0.3, 0.4) is 0 Å². The molecule has 0 aromatic heterocycles. The van der Waals surface area contributed by atoms with Crippen LogP contribution in [0, 0.1) is 0 Å². The van der Waals surface area contributed by atoms with Crippen molar-refractivity contribution in [3.8, 4) is 11.5 Å². The van der Waals surface area contributed by atoms with E-state index in [4.69, 9.17) is 9.47 Å². The van der Waals surface area contributed by atoms with Gasteiger partial charge in [0.2, 0.25) is 10.3 Å².